The summed E-state index contributed by atoms with van der Waals surface area (Å²) in [5.41, 5.74) is 1.31. The van der Waals surface area contributed by atoms with Crippen molar-refractivity contribution in [1.29, 1.82) is 0 Å². The highest BCUT2D eigenvalue weighted by atomic mass is 79.9. The Labute approximate surface area is 198 Å². The monoisotopic (exact) mass is 509 g/mol. The number of aromatic hydroxyl groups is 1. The molecule has 0 radical (unpaired) electrons. The minimum absolute atomic E-state index is 0.0410. The van der Waals surface area contributed by atoms with Crippen LogP contribution >= 0.6 is 15.9 Å². The van der Waals surface area contributed by atoms with Crippen molar-refractivity contribution in [2.24, 2.45) is 0 Å². The number of methoxy groups -OCH3 is 2. The van der Waals surface area contributed by atoms with E-state index >= 15 is 0 Å². The van der Waals surface area contributed by atoms with E-state index in [1.54, 1.807) is 54.6 Å². The summed E-state index contributed by atoms with van der Waals surface area (Å²) in [4.78, 5) is 27.6. The predicted molar refractivity (Wildman–Crippen MR) is 127 cm³/mol. The van der Waals surface area contributed by atoms with Crippen molar-refractivity contribution in [3.05, 3.63) is 87.9 Å². The van der Waals surface area contributed by atoms with Gasteiger partial charge in [-0.3, -0.25) is 14.5 Å². The Kier molecular flexibility index (Phi) is 6.11. The number of carbonyl (C=O) groups excluding carboxylic acids is 2. The van der Waals surface area contributed by atoms with E-state index in [2.05, 4.69) is 15.9 Å². The van der Waals surface area contributed by atoms with E-state index in [1.807, 2.05) is 0 Å². The number of amides is 1. The van der Waals surface area contributed by atoms with Crippen molar-refractivity contribution in [2.45, 2.75) is 6.04 Å². The number of benzene rings is 3. The Balaban J connectivity index is 1.91. The van der Waals surface area contributed by atoms with Gasteiger partial charge in [-0.2, -0.15) is 0 Å². The summed E-state index contributed by atoms with van der Waals surface area (Å²) in [5.74, 6) is -0.703. The fourth-order valence-electron chi connectivity index (χ4n) is 3.78. The first-order valence-corrected chi connectivity index (χ1v) is 10.7. The van der Waals surface area contributed by atoms with Crippen molar-refractivity contribution in [3.8, 4) is 17.2 Å². The molecule has 0 bridgehead atoms. The van der Waals surface area contributed by atoms with E-state index in [1.165, 1.54) is 31.3 Å². The van der Waals surface area contributed by atoms with E-state index < -0.39 is 17.7 Å². The number of nitrogens with zero attached hydrogens (tertiary/aromatic N) is 1. The molecule has 1 unspecified atom stereocenters. The van der Waals surface area contributed by atoms with Gasteiger partial charge in [0.05, 0.1) is 30.3 Å². The summed E-state index contributed by atoms with van der Waals surface area (Å²) in [6.45, 7) is 0. The molecular formula is C25H20BrNO6. The third-order valence-electron chi connectivity index (χ3n) is 5.43. The SMILES string of the molecule is COc1ccc(N2C(=O)C(=O)/C(=C(\O)c3ccc(OC)c(Br)c3)C2c2ccc(O)cc2)cc1. The molecule has 1 aliphatic heterocycles. The maximum absolute atomic E-state index is 13.2. The van der Waals surface area contributed by atoms with Crippen LogP contribution in [0, 0.1) is 0 Å². The molecule has 3 aromatic carbocycles. The summed E-state index contributed by atoms with van der Waals surface area (Å²) in [7, 11) is 3.05. The number of Topliss-reactive ketones (excluding diaryl/α,β-unsaturated/α-hetero) is 1. The smallest absolute Gasteiger partial charge is 0.300 e. The van der Waals surface area contributed by atoms with Gasteiger partial charge < -0.3 is 19.7 Å². The zero-order valence-electron chi connectivity index (χ0n) is 17.8. The van der Waals surface area contributed by atoms with E-state index in [0.29, 0.717) is 32.8 Å². The van der Waals surface area contributed by atoms with Crippen molar-refractivity contribution >= 4 is 39.1 Å². The van der Waals surface area contributed by atoms with Crippen LogP contribution in [0.3, 0.4) is 0 Å². The van der Waals surface area contributed by atoms with Gasteiger partial charge in [-0.25, -0.2) is 0 Å². The normalized spacial score (nSPS) is 17.3. The molecule has 1 atom stereocenters. The lowest BCUT2D eigenvalue weighted by Gasteiger charge is -2.25. The second-order valence-electron chi connectivity index (χ2n) is 7.31. The molecule has 1 saturated heterocycles. The minimum atomic E-state index is -0.903. The molecule has 2 N–H and O–H groups in total. The number of phenols is 1. The molecule has 1 aliphatic rings. The Morgan fingerprint density at radius 2 is 1.61 bits per heavy atom. The Morgan fingerprint density at radius 1 is 0.939 bits per heavy atom. The molecule has 0 spiro atoms. The number of hydrogen-bond donors (Lipinski definition) is 2. The molecule has 0 aromatic heterocycles. The van der Waals surface area contributed by atoms with Crippen LogP contribution in [0.25, 0.3) is 5.76 Å². The zero-order valence-corrected chi connectivity index (χ0v) is 19.4. The number of halogens is 1. The quantitative estimate of drug-likeness (QED) is 0.291. The second kappa shape index (κ2) is 8.99. The van der Waals surface area contributed by atoms with Gasteiger partial charge in [0.1, 0.15) is 23.0 Å². The van der Waals surface area contributed by atoms with Gasteiger partial charge in [-0.1, -0.05) is 12.1 Å². The van der Waals surface area contributed by atoms with Crippen molar-refractivity contribution in [3.63, 3.8) is 0 Å². The largest absolute Gasteiger partial charge is 0.508 e. The summed E-state index contributed by atoms with van der Waals surface area (Å²) in [6.07, 6.45) is 0. The van der Waals surface area contributed by atoms with Crippen LogP contribution in [0.2, 0.25) is 0 Å². The van der Waals surface area contributed by atoms with Gasteiger partial charge in [0.2, 0.25) is 0 Å². The van der Waals surface area contributed by atoms with E-state index in [0.717, 1.165) is 0 Å². The summed E-state index contributed by atoms with van der Waals surface area (Å²) in [5, 5.41) is 20.9. The van der Waals surface area contributed by atoms with Crippen LogP contribution < -0.4 is 14.4 Å². The number of ketones is 1. The number of rotatable bonds is 5. The molecule has 4 rings (SSSR count). The Bertz CT molecular complexity index is 1250. The second-order valence-corrected chi connectivity index (χ2v) is 8.16. The van der Waals surface area contributed by atoms with Crippen LogP contribution in [0.15, 0.2) is 76.8 Å². The molecule has 33 heavy (non-hydrogen) atoms. The van der Waals surface area contributed by atoms with Crippen LogP contribution in [0.1, 0.15) is 17.2 Å². The van der Waals surface area contributed by atoms with E-state index in [-0.39, 0.29) is 17.1 Å². The summed E-state index contributed by atoms with van der Waals surface area (Å²) < 4.78 is 11.0. The predicted octanol–water partition coefficient (Wildman–Crippen LogP) is 4.80. The van der Waals surface area contributed by atoms with Crippen LogP contribution in [-0.4, -0.2) is 36.1 Å². The molecule has 0 aliphatic carbocycles. The molecule has 1 heterocycles. The zero-order chi connectivity index (χ0) is 23.7. The number of anilines is 1. The van der Waals surface area contributed by atoms with E-state index in [4.69, 9.17) is 9.47 Å². The molecule has 168 valence electrons. The highest BCUT2D eigenvalue weighted by Gasteiger charge is 2.47. The van der Waals surface area contributed by atoms with E-state index in [9.17, 15) is 19.8 Å². The standard InChI is InChI=1S/C25H20BrNO6/c1-32-18-10-6-16(7-11-18)27-22(14-3-8-17(28)9-4-14)21(24(30)25(27)31)23(29)15-5-12-20(33-2)19(26)13-15/h3-13,22,28-29H,1-2H3/b23-21-. The number of ether oxygens (including phenoxy) is 2. The van der Waals surface area contributed by atoms with Crippen LogP contribution in [0.4, 0.5) is 5.69 Å². The number of aliphatic hydroxyl groups excluding tert-OH is 1. The fraction of sp³-hybridized carbons (Fsp3) is 0.120. The summed E-state index contributed by atoms with van der Waals surface area (Å²) >= 11 is 3.38. The lowest BCUT2D eigenvalue weighted by molar-refractivity contribution is -0.132. The molecule has 3 aromatic rings. The number of hydrogen-bond acceptors (Lipinski definition) is 6. The molecule has 1 amide bonds. The first-order valence-electron chi connectivity index (χ1n) is 9.93. The molecular weight excluding hydrogens is 490 g/mol. The third kappa shape index (κ3) is 4.05. The van der Waals surface area contributed by atoms with Crippen LogP contribution in [0.5, 0.6) is 17.2 Å². The van der Waals surface area contributed by atoms with Crippen molar-refractivity contribution < 1.29 is 29.3 Å². The third-order valence-corrected chi connectivity index (χ3v) is 6.05. The average molecular weight is 510 g/mol. The Hall–Kier alpha value is -3.78. The summed E-state index contributed by atoms with van der Waals surface area (Å²) in [6, 6.07) is 16.8. The van der Waals surface area contributed by atoms with Gasteiger partial charge in [0.15, 0.2) is 0 Å². The van der Waals surface area contributed by atoms with Gasteiger partial charge in [-0.05, 0) is 76.1 Å². The maximum Gasteiger partial charge on any atom is 0.300 e. The lowest BCUT2D eigenvalue weighted by atomic mass is 9.95. The number of carbonyl (C=O) groups is 2. The average Bonchev–Trinajstić information content (AvgIpc) is 3.09. The van der Waals surface area contributed by atoms with Gasteiger partial charge in [-0.15, -0.1) is 0 Å². The number of aliphatic hydroxyl groups is 1. The topological polar surface area (TPSA) is 96.3 Å². The lowest BCUT2D eigenvalue weighted by Crippen LogP contribution is -2.29. The first kappa shape index (κ1) is 22.4. The molecule has 8 heteroatoms. The highest BCUT2D eigenvalue weighted by Crippen LogP contribution is 2.43. The van der Waals surface area contributed by atoms with Gasteiger partial charge >= 0.3 is 0 Å². The first-order chi connectivity index (χ1) is 15.8. The Morgan fingerprint density at radius 3 is 2.18 bits per heavy atom. The molecule has 1 fully saturated rings. The maximum atomic E-state index is 13.2. The highest BCUT2D eigenvalue weighted by molar-refractivity contribution is 9.10. The number of phenolic OH excluding ortho intramolecular Hbond substituents is 1. The van der Waals surface area contributed by atoms with Crippen molar-refractivity contribution in [2.75, 3.05) is 19.1 Å². The fourth-order valence-corrected chi connectivity index (χ4v) is 4.32. The minimum Gasteiger partial charge on any atom is -0.508 e. The van der Waals surface area contributed by atoms with Crippen LogP contribution in [-0.2, 0) is 9.59 Å². The van der Waals surface area contributed by atoms with Gasteiger partial charge in [0.25, 0.3) is 11.7 Å². The van der Waals surface area contributed by atoms with Crippen molar-refractivity contribution in [1.82, 2.24) is 0 Å². The molecule has 7 nitrogen and oxygen atoms in total. The van der Waals surface area contributed by atoms with Gasteiger partial charge in [0, 0.05) is 11.3 Å². The molecule has 0 saturated carbocycles.